The third-order valence-corrected chi connectivity index (χ3v) is 4.85. The fourth-order valence-electron chi connectivity index (χ4n) is 3.23. The molecule has 3 aromatic rings. The number of anilines is 1. The molecule has 4 rings (SSSR count). The van der Waals surface area contributed by atoms with E-state index in [1.165, 1.54) is 12.1 Å². The number of nitrogens with zero attached hydrogens (tertiary/aromatic N) is 3. The standard InChI is InChI=1S/C22H20N4O7/c1-14-7-8-23-25(14)16-5-3-15(4-6-16)22(28)33-13-21(27)24-17-11-19-20(12-18(17)26(29)30)32-10-2-9-31-19/h3-8,11-12H,2,9-10,13H2,1H3,(H,24,27). The summed E-state index contributed by atoms with van der Waals surface area (Å²) in [6, 6.07) is 10.9. The number of amides is 1. The summed E-state index contributed by atoms with van der Waals surface area (Å²) in [4.78, 5) is 35.4. The molecule has 11 nitrogen and oxygen atoms in total. The number of ether oxygens (including phenoxy) is 3. The Balaban J connectivity index is 1.40. The highest BCUT2D eigenvalue weighted by Crippen LogP contribution is 2.39. The first-order chi connectivity index (χ1) is 15.9. The van der Waals surface area contributed by atoms with Crippen LogP contribution < -0.4 is 14.8 Å². The summed E-state index contributed by atoms with van der Waals surface area (Å²) >= 11 is 0. The van der Waals surface area contributed by atoms with E-state index in [-0.39, 0.29) is 28.4 Å². The third kappa shape index (κ3) is 4.92. The minimum atomic E-state index is -0.732. The van der Waals surface area contributed by atoms with Gasteiger partial charge in [-0.05, 0) is 37.3 Å². The van der Waals surface area contributed by atoms with Crippen LogP contribution in [0.5, 0.6) is 11.5 Å². The highest BCUT2D eigenvalue weighted by molar-refractivity contribution is 5.97. The average molecular weight is 452 g/mol. The van der Waals surface area contributed by atoms with Gasteiger partial charge in [-0.2, -0.15) is 5.10 Å². The number of carbonyl (C=O) groups is 2. The number of rotatable bonds is 6. The van der Waals surface area contributed by atoms with Crippen LogP contribution in [0.3, 0.4) is 0 Å². The Morgan fingerprint density at radius 3 is 2.48 bits per heavy atom. The van der Waals surface area contributed by atoms with Crippen molar-refractivity contribution >= 4 is 23.3 Å². The molecule has 0 bridgehead atoms. The van der Waals surface area contributed by atoms with Gasteiger partial charge >= 0.3 is 5.97 Å². The number of nitro groups is 1. The number of esters is 1. The highest BCUT2D eigenvalue weighted by Gasteiger charge is 2.23. The van der Waals surface area contributed by atoms with Crippen molar-refractivity contribution in [1.29, 1.82) is 0 Å². The number of nitrogens with one attached hydrogen (secondary N) is 1. The Morgan fingerprint density at radius 2 is 1.85 bits per heavy atom. The maximum absolute atomic E-state index is 12.3. The topological polar surface area (TPSA) is 135 Å². The predicted octanol–water partition coefficient (Wildman–Crippen LogP) is 3.05. The molecule has 170 valence electrons. The minimum absolute atomic E-state index is 0.0794. The highest BCUT2D eigenvalue weighted by atomic mass is 16.6. The summed E-state index contributed by atoms with van der Waals surface area (Å²) in [7, 11) is 0. The molecule has 2 aromatic carbocycles. The predicted molar refractivity (Wildman–Crippen MR) is 116 cm³/mol. The van der Waals surface area contributed by atoms with Crippen molar-refractivity contribution < 1.29 is 28.7 Å². The minimum Gasteiger partial charge on any atom is -0.489 e. The first kappa shape index (κ1) is 21.8. The second kappa shape index (κ2) is 9.39. The number of nitro benzene ring substituents is 1. The van der Waals surface area contributed by atoms with Gasteiger partial charge in [-0.15, -0.1) is 0 Å². The molecule has 0 saturated carbocycles. The van der Waals surface area contributed by atoms with Crippen LogP contribution in [-0.2, 0) is 9.53 Å². The smallest absolute Gasteiger partial charge is 0.338 e. The van der Waals surface area contributed by atoms with Crippen LogP contribution in [0.15, 0.2) is 48.7 Å². The Morgan fingerprint density at radius 1 is 1.15 bits per heavy atom. The van der Waals surface area contributed by atoms with E-state index in [1.807, 2.05) is 13.0 Å². The molecule has 11 heteroatoms. The van der Waals surface area contributed by atoms with E-state index in [0.29, 0.717) is 19.6 Å². The van der Waals surface area contributed by atoms with Gasteiger partial charge in [0, 0.05) is 24.4 Å². The maximum Gasteiger partial charge on any atom is 0.338 e. The molecule has 0 unspecified atom stereocenters. The Bertz CT molecular complexity index is 1200. The zero-order valence-electron chi connectivity index (χ0n) is 17.6. The summed E-state index contributed by atoms with van der Waals surface area (Å²) in [5, 5.41) is 18.0. The molecule has 0 spiro atoms. The summed E-state index contributed by atoms with van der Waals surface area (Å²) in [5.74, 6) is -0.915. The van der Waals surface area contributed by atoms with Crippen molar-refractivity contribution in [2.24, 2.45) is 0 Å². The van der Waals surface area contributed by atoms with E-state index < -0.39 is 23.4 Å². The van der Waals surface area contributed by atoms with Crippen LogP contribution >= 0.6 is 0 Å². The molecular formula is C22H20N4O7. The van der Waals surface area contributed by atoms with Gasteiger partial charge in [0.15, 0.2) is 18.1 Å². The van der Waals surface area contributed by atoms with E-state index in [4.69, 9.17) is 14.2 Å². The van der Waals surface area contributed by atoms with E-state index in [2.05, 4.69) is 10.4 Å². The van der Waals surface area contributed by atoms with Crippen LogP contribution in [0.25, 0.3) is 5.69 Å². The van der Waals surface area contributed by atoms with Gasteiger partial charge in [-0.3, -0.25) is 14.9 Å². The van der Waals surface area contributed by atoms with Gasteiger partial charge in [-0.25, -0.2) is 9.48 Å². The third-order valence-electron chi connectivity index (χ3n) is 4.85. The van der Waals surface area contributed by atoms with E-state index >= 15 is 0 Å². The summed E-state index contributed by atoms with van der Waals surface area (Å²) < 4.78 is 17.7. The van der Waals surface area contributed by atoms with Gasteiger partial charge in [-0.1, -0.05) is 0 Å². The van der Waals surface area contributed by atoms with Gasteiger partial charge in [0.05, 0.1) is 35.5 Å². The fourth-order valence-corrected chi connectivity index (χ4v) is 3.23. The number of aryl methyl sites for hydroxylation is 1. The Labute approximate surface area is 188 Å². The second-order valence-electron chi connectivity index (χ2n) is 7.18. The van der Waals surface area contributed by atoms with Crippen molar-refractivity contribution in [2.45, 2.75) is 13.3 Å². The number of benzene rings is 2. The molecule has 1 aromatic heterocycles. The second-order valence-corrected chi connectivity index (χ2v) is 7.18. The maximum atomic E-state index is 12.3. The van der Waals surface area contributed by atoms with Crippen molar-refractivity contribution in [1.82, 2.24) is 9.78 Å². The molecule has 0 fully saturated rings. The first-order valence-electron chi connectivity index (χ1n) is 10.1. The quantitative estimate of drug-likeness (QED) is 0.343. The molecule has 0 atom stereocenters. The normalized spacial score (nSPS) is 12.5. The number of fused-ring (bicyclic) bond motifs is 1. The number of carbonyl (C=O) groups excluding carboxylic acids is 2. The van der Waals surface area contributed by atoms with E-state index in [0.717, 1.165) is 11.4 Å². The molecule has 0 aliphatic carbocycles. The Kier molecular flexibility index (Phi) is 6.20. The number of hydrogen-bond acceptors (Lipinski definition) is 8. The summed E-state index contributed by atoms with van der Waals surface area (Å²) in [5.41, 5.74) is 1.52. The summed E-state index contributed by atoms with van der Waals surface area (Å²) in [6.07, 6.45) is 2.30. The lowest BCUT2D eigenvalue weighted by Crippen LogP contribution is -2.21. The van der Waals surface area contributed by atoms with Crippen LogP contribution in [0, 0.1) is 17.0 Å². The molecular weight excluding hydrogens is 432 g/mol. The van der Waals surface area contributed by atoms with Crippen LogP contribution in [0.1, 0.15) is 22.5 Å². The van der Waals surface area contributed by atoms with Crippen LogP contribution in [-0.4, -0.2) is 46.4 Å². The molecule has 2 heterocycles. The van der Waals surface area contributed by atoms with Gasteiger partial charge in [0.2, 0.25) is 0 Å². The molecule has 1 amide bonds. The van der Waals surface area contributed by atoms with Gasteiger partial charge in [0.1, 0.15) is 5.69 Å². The molecule has 1 N–H and O–H groups in total. The lowest BCUT2D eigenvalue weighted by Gasteiger charge is -2.11. The number of hydrogen-bond donors (Lipinski definition) is 1. The first-order valence-corrected chi connectivity index (χ1v) is 10.1. The SMILES string of the molecule is Cc1ccnn1-c1ccc(C(=O)OCC(=O)Nc2cc3c(cc2[N+](=O)[O-])OCCCO3)cc1. The molecule has 1 aliphatic heterocycles. The van der Waals surface area contributed by atoms with Crippen molar-refractivity contribution in [3.8, 4) is 17.2 Å². The number of aromatic nitrogens is 2. The van der Waals surface area contributed by atoms with Crippen LogP contribution in [0.4, 0.5) is 11.4 Å². The van der Waals surface area contributed by atoms with E-state index in [9.17, 15) is 19.7 Å². The van der Waals surface area contributed by atoms with Gasteiger partial charge < -0.3 is 19.5 Å². The van der Waals surface area contributed by atoms with Gasteiger partial charge in [0.25, 0.3) is 11.6 Å². The fraction of sp³-hybridized carbons (Fsp3) is 0.227. The molecule has 0 radical (unpaired) electrons. The largest absolute Gasteiger partial charge is 0.489 e. The van der Waals surface area contributed by atoms with Crippen LogP contribution in [0.2, 0.25) is 0 Å². The summed E-state index contributed by atoms with van der Waals surface area (Å²) in [6.45, 7) is 2.04. The lowest BCUT2D eigenvalue weighted by molar-refractivity contribution is -0.384. The van der Waals surface area contributed by atoms with Crippen molar-refractivity contribution in [3.05, 3.63) is 70.0 Å². The molecule has 0 saturated heterocycles. The van der Waals surface area contributed by atoms with Crippen molar-refractivity contribution in [2.75, 3.05) is 25.1 Å². The zero-order valence-corrected chi connectivity index (χ0v) is 17.6. The molecule has 33 heavy (non-hydrogen) atoms. The monoisotopic (exact) mass is 452 g/mol. The Hall–Kier alpha value is -4.41. The van der Waals surface area contributed by atoms with Crippen molar-refractivity contribution in [3.63, 3.8) is 0 Å². The van der Waals surface area contributed by atoms with E-state index in [1.54, 1.807) is 35.1 Å². The zero-order chi connectivity index (χ0) is 23.4. The average Bonchev–Trinajstić information content (AvgIpc) is 3.10. The molecule has 1 aliphatic rings. The lowest BCUT2D eigenvalue weighted by atomic mass is 10.2.